The maximum absolute atomic E-state index is 13.2. The third-order valence-corrected chi connectivity index (χ3v) is 4.77. The van der Waals surface area contributed by atoms with Crippen LogP contribution in [-0.4, -0.2) is 31.5 Å². The van der Waals surface area contributed by atoms with Gasteiger partial charge >= 0.3 is 6.36 Å². The Bertz CT molecular complexity index is 1220. The van der Waals surface area contributed by atoms with Crippen LogP contribution in [0, 0.1) is 13.8 Å². The van der Waals surface area contributed by atoms with Crippen LogP contribution < -0.4 is 24.3 Å². The first-order valence-corrected chi connectivity index (χ1v) is 10.1. The molecule has 0 aliphatic heterocycles. The molecule has 1 N–H and O–H groups in total. The number of halogens is 4. The highest BCUT2D eigenvalue weighted by Crippen LogP contribution is 2.41. The van der Waals surface area contributed by atoms with E-state index in [2.05, 4.69) is 15.0 Å². The van der Waals surface area contributed by atoms with Crippen molar-refractivity contribution in [3.8, 4) is 28.7 Å². The van der Waals surface area contributed by atoms with Gasteiger partial charge in [-0.15, -0.1) is 13.2 Å². The number of benzene rings is 2. The van der Waals surface area contributed by atoms with Crippen LogP contribution in [0.15, 0.2) is 42.6 Å². The molecule has 0 atom stereocenters. The number of hydrogen-bond acceptors (Lipinski definition) is 6. The molecule has 0 fully saturated rings. The minimum absolute atomic E-state index is 0.00642. The molecule has 1 aromatic heterocycles. The highest BCUT2D eigenvalue weighted by molar-refractivity contribution is 6.31. The van der Waals surface area contributed by atoms with E-state index in [1.54, 1.807) is 26.1 Å². The van der Waals surface area contributed by atoms with Gasteiger partial charge in [-0.25, -0.2) is 0 Å². The Morgan fingerprint density at radius 3 is 2.29 bits per heavy atom. The number of carbonyl (C=O) groups is 1. The summed E-state index contributed by atoms with van der Waals surface area (Å²) < 4.78 is 57.9. The number of rotatable bonds is 7. The number of aromatic nitrogens is 1. The minimum Gasteiger partial charge on any atom is -0.496 e. The number of ether oxygens (including phenoxy) is 4. The summed E-state index contributed by atoms with van der Waals surface area (Å²) in [6, 6.07) is 7.79. The lowest BCUT2D eigenvalue weighted by Crippen LogP contribution is -2.17. The van der Waals surface area contributed by atoms with Crippen molar-refractivity contribution in [3.63, 3.8) is 0 Å². The second-order valence-corrected chi connectivity index (χ2v) is 7.47. The maximum Gasteiger partial charge on any atom is 0.573 e. The predicted molar refractivity (Wildman–Crippen MR) is 119 cm³/mol. The van der Waals surface area contributed by atoms with E-state index in [4.69, 9.17) is 25.8 Å². The lowest BCUT2D eigenvalue weighted by molar-refractivity contribution is -0.274. The molecule has 2 aromatic carbocycles. The average Bonchev–Trinajstić information content (AvgIpc) is 2.75. The van der Waals surface area contributed by atoms with Crippen molar-refractivity contribution in [2.45, 2.75) is 20.2 Å². The van der Waals surface area contributed by atoms with Crippen molar-refractivity contribution < 1.29 is 36.9 Å². The summed E-state index contributed by atoms with van der Waals surface area (Å²) in [5, 5.41) is 3.00. The fourth-order valence-electron chi connectivity index (χ4n) is 3.02. The number of hydrogen-bond donors (Lipinski definition) is 1. The second kappa shape index (κ2) is 10.1. The van der Waals surface area contributed by atoms with Crippen LogP contribution in [0.25, 0.3) is 0 Å². The fraction of sp³-hybridized carbons (Fsp3) is 0.217. The molecule has 0 saturated carbocycles. The van der Waals surface area contributed by atoms with Gasteiger partial charge in [0.25, 0.3) is 5.91 Å². The first-order chi connectivity index (χ1) is 16.0. The third kappa shape index (κ3) is 6.02. The van der Waals surface area contributed by atoms with E-state index in [1.165, 1.54) is 32.4 Å². The molecule has 0 aliphatic rings. The molecule has 11 heteroatoms. The molecule has 0 bridgehead atoms. The molecule has 0 aliphatic carbocycles. The third-order valence-electron chi connectivity index (χ3n) is 4.55. The predicted octanol–water partition coefficient (Wildman–Crippen LogP) is 6.31. The lowest BCUT2D eigenvalue weighted by atomic mass is 10.1. The molecule has 0 spiro atoms. The van der Waals surface area contributed by atoms with Crippen molar-refractivity contribution in [3.05, 3.63) is 64.4 Å². The normalized spacial score (nSPS) is 11.1. The van der Waals surface area contributed by atoms with Crippen molar-refractivity contribution >= 4 is 23.2 Å². The lowest BCUT2D eigenvalue weighted by Gasteiger charge is -2.18. The molecule has 3 aromatic rings. The Kier molecular flexibility index (Phi) is 7.41. The molecular formula is C23H20ClF3N2O5. The Morgan fingerprint density at radius 1 is 0.971 bits per heavy atom. The Morgan fingerprint density at radius 2 is 1.65 bits per heavy atom. The molecule has 0 radical (unpaired) electrons. The monoisotopic (exact) mass is 496 g/mol. The first-order valence-electron chi connectivity index (χ1n) is 9.74. The van der Waals surface area contributed by atoms with Gasteiger partial charge in [-0.2, -0.15) is 0 Å². The van der Waals surface area contributed by atoms with Crippen molar-refractivity contribution in [1.82, 2.24) is 4.98 Å². The van der Waals surface area contributed by atoms with Crippen LogP contribution in [-0.2, 0) is 0 Å². The number of methoxy groups -OCH3 is 2. The zero-order chi connectivity index (χ0) is 25.0. The summed E-state index contributed by atoms with van der Waals surface area (Å²) in [5.41, 5.74) is 1.98. The van der Waals surface area contributed by atoms with E-state index in [1.807, 2.05) is 0 Å². The topological polar surface area (TPSA) is 78.9 Å². The number of pyridine rings is 1. The summed E-state index contributed by atoms with van der Waals surface area (Å²) in [7, 11) is 2.61. The van der Waals surface area contributed by atoms with Gasteiger partial charge in [-0.05, 0) is 43.7 Å². The SMILES string of the molecule is COc1cc(OC(F)(F)F)ccc1Oc1cc(Cl)cc(OC)c1C(=O)Nc1cc(C)ncc1C. The molecule has 1 amide bonds. The van der Waals surface area contributed by atoms with E-state index in [0.29, 0.717) is 11.4 Å². The van der Waals surface area contributed by atoms with Gasteiger partial charge in [0.2, 0.25) is 0 Å². The summed E-state index contributed by atoms with van der Waals surface area (Å²) >= 11 is 6.17. The standard InChI is InChI=1S/C23H20ClF3N2O5/c1-12-11-28-13(2)7-16(12)29-22(30)21-19(32-4)8-14(24)9-20(21)33-17-6-5-15(10-18(17)31-3)34-23(25,26)27/h5-11H,1-4H3,(H,28,29,30). The van der Waals surface area contributed by atoms with Crippen LogP contribution in [0.3, 0.4) is 0 Å². The number of nitrogens with zero attached hydrogens (tertiary/aromatic N) is 1. The zero-order valence-electron chi connectivity index (χ0n) is 18.5. The van der Waals surface area contributed by atoms with Crippen LogP contribution in [0.4, 0.5) is 18.9 Å². The number of aryl methyl sites for hydroxylation is 2. The number of nitrogens with one attached hydrogen (secondary N) is 1. The quantitative estimate of drug-likeness (QED) is 0.413. The Labute approximate surface area is 198 Å². The summed E-state index contributed by atoms with van der Waals surface area (Å²) in [6.45, 7) is 3.57. The largest absolute Gasteiger partial charge is 0.573 e. The van der Waals surface area contributed by atoms with Crippen LogP contribution in [0.5, 0.6) is 28.7 Å². The average molecular weight is 497 g/mol. The summed E-state index contributed by atoms with van der Waals surface area (Å²) in [4.78, 5) is 17.4. The number of alkyl halides is 3. The van der Waals surface area contributed by atoms with Gasteiger partial charge in [-0.1, -0.05) is 11.6 Å². The number of carbonyl (C=O) groups excluding carboxylic acids is 1. The van der Waals surface area contributed by atoms with E-state index in [9.17, 15) is 18.0 Å². The number of amides is 1. The van der Waals surface area contributed by atoms with Gasteiger partial charge < -0.3 is 24.3 Å². The van der Waals surface area contributed by atoms with E-state index < -0.39 is 18.0 Å². The van der Waals surface area contributed by atoms with E-state index in [0.717, 1.165) is 17.7 Å². The van der Waals surface area contributed by atoms with Crippen LogP contribution >= 0.6 is 11.6 Å². The molecular weight excluding hydrogens is 477 g/mol. The summed E-state index contributed by atoms with van der Waals surface area (Å²) in [6.07, 6.45) is -3.25. The van der Waals surface area contributed by atoms with E-state index >= 15 is 0 Å². The van der Waals surface area contributed by atoms with Crippen molar-refractivity contribution in [2.75, 3.05) is 19.5 Å². The van der Waals surface area contributed by atoms with Gasteiger partial charge in [0.15, 0.2) is 11.5 Å². The highest BCUT2D eigenvalue weighted by Gasteiger charge is 2.31. The molecule has 180 valence electrons. The summed E-state index contributed by atoms with van der Waals surface area (Å²) in [5.74, 6) is -0.985. The molecule has 34 heavy (non-hydrogen) atoms. The number of anilines is 1. The minimum atomic E-state index is -4.87. The van der Waals surface area contributed by atoms with Crippen molar-refractivity contribution in [2.24, 2.45) is 0 Å². The van der Waals surface area contributed by atoms with Gasteiger partial charge in [0, 0.05) is 34.7 Å². The molecule has 0 saturated heterocycles. The first kappa shape index (κ1) is 25.0. The van der Waals surface area contributed by atoms with Gasteiger partial charge in [0.05, 0.1) is 14.2 Å². The fourth-order valence-corrected chi connectivity index (χ4v) is 3.22. The smallest absolute Gasteiger partial charge is 0.496 e. The van der Waals surface area contributed by atoms with Crippen molar-refractivity contribution in [1.29, 1.82) is 0 Å². The molecule has 3 rings (SSSR count). The van der Waals surface area contributed by atoms with E-state index in [-0.39, 0.29) is 33.6 Å². The van der Waals surface area contributed by atoms with Crippen LogP contribution in [0.1, 0.15) is 21.6 Å². The molecule has 7 nitrogen and oxygen atoms in total. The zero-order valence-corrected chi connectivity index (χ0v) is 19.3. The maximum atomic E-state index is 13.2. The second-order valence-electron chi connectivity index (χ2n) is 7.04. The van der Waals surface area contributed by atoms with Crippen LogP contribution in [0.2, 0.25) is 5.02 Å². The highest BCUT2D eigenvalue weighted by atomic mass is 35.5. The Balaban J connectivity index is 2.01. The van der Waals surface area contributed by atoms with Gasteiger partial charge in [0.1, 0.15) is 22.8 Å². The molecule has 1 heterocycles. The van der Waals surface area contributed by atoms with Gasteiger partial charge in [-0.3, -0.25) is 9.78 Å². The Hall–Kier alpha value is -3.66. The molecule has 0 unspecified atom stereocenters.